The predicted octanol–water partition coefficient (Wildman–Crippen LogP) is 3.47. The van der Waals surface area contributed by atoms with E-state index in [0.29, 0.717) is 38.3 Å². The van der Waals surface area contributed by atoms with Crippen LogP contribution in [0.1, 0.15) is 39.5 Å². The van der Waals surface area contributed by atoms with E-state index in [9.17, 15) is 0 Å². The normalized spacial score (nSPS) is 15.7. The van der Waals surface area contributed by atoms with Crippen molar-refractivity contribution in [3.63, 3.8) is 0 Å². The number of hydrogen-bond acceptors (Lipinski definition) is 4. The number of hydrogen-bond donors (Lipinski definition) is 0. The average molecular weight is 316 g/mol. The van der Waals surface area contributed by atoms with Crippen LogP contribution in [-0.2, 0) is 18.9 Å². The van der Waals surface area contributed by atoms with E-state index in [1.54, 1.807) is 14.2 Å². The van der Waals surface area contributed by atoms with Crippen molar-refractivity contribution in [2.45, 2.75) is 39.5 Å². The van der Waals surface area contributed by atoms with Gasteiger partial charge in [0.15, 0.2) is 0 Å². The standard InChI is InChI=1S/C18H36O4/c1-6-8-17(12-19-4)14-21-10-16(3)11-22-15-18(9-7-2)13-20-5/h3,16-18H,6-15H2,1-2,4-5H3. The molecule has 0 aromatic heterocycles. The lowest BCUT2D eigenvalue weighted by molar-refractivity contribution is 0.00688. The molecule has 0 saturated heterocycles. The third kappa shape index (κ3) is 12.4. The highest BCUT2D eigenvalue weighted by Crippen LogP contribution is 2.10. The van der Waals surface area contributed by atoms with Crippen LogP contribution >= 0.6 is 0 Å². The van der Waals surface area contributed by atoms with Gasteiger partial charge in [0.05, 0.1) is 39.6 Å². The molecule has 2 atom stereocenters. The zero-order valence-electron chi connectivity index (χ0n) is 15.0. The quantitative estimate of drug-likeness (QED) is 0.437. The monoisotopic (exact) mass is 316 g/mol. The molecule has 22 heavy (non-hydrogen) atoms. The molecule has 0 aliphatic heterocycles. The Balaban J connectivity index is 3.72. The second-order valence-corrected chi connectivity index (χ2v) is 6.06. The SMILES string of the molecule is [CH]C(COCC(CCC)COC)COCC(CCC)COC. The number of methoxy groups -OCH3 is 2. The fraction of sp³-hybridized carbons (Fsp3) is 0.944. The van der Waals surface area contributed by atoms with Crippen LogP contribution in [0.25, 0.3) is 0 Å². The molecule has 0 aromatic carbocycles. The van der Waals surface area contributed by atoms with Crippen molar-refractivity contribution in [1.82, 2.24) is 0 Å². The van der Waals surface area contributed by atoms with Crippen LogP contribution in [-0.4, -0.2) is 53.9 Å². The van der Waals surface area contributed by atoms with Crippen LogP contribution in [0, 0.1) is 24.7 Å². The van der Waals surface area contributed by atoms with Gasteiger partial charge in [-0.3, -0.25) is 0 Å². The van der Waals surface area contributed by atoms with Crippen LogP contribution in [0.4, 0.5) is 0 Å². The summed E-state index contributed by atoms with van der Waals surface area (Å²) in [7, 11) is 3.46. The highest BCUT2D eigenvalue weighted by Gasteiger charge is 2.11. The van der Waals surface area contributed by atoms with Crippen molar-refractivity contribution < 1.29 is 18.9 Å². The summed E-state index contributed by atoms with van der Waals surface area (Å²) >= 11 is 0. The number of rotatable bonds is 16. The Labute approximate surface area is 137 Å². The first kappa shape index (κ1) is 21.8. The molecule has 0 fully saturated rings. The average Bonchev–Trinajstić information content (AvgIpc) is 2.48. The minimum absolute atomic E-state index is 0.0744. The summed E-state index contributed by atoms with van der Waals surface area (Å²) in [5.41, 5.74) is 0. The van der Waals surface area contributed by atoms with Crippen molar-refractivity contribution in [1.29, 1.82) is 0 Å². The largest absolute Gasteiger partial charge is 0.384 e. The molecule has 132 valence electrons. The topological polar surface area (TPSA) is 36.9 Å². The van der Waals surface area contributed by atoms with E-state index in [2.05, 4.69) is 13.8 Å². The molecule has 0 saturated carbocycles. The van der Waals surface area contributed by atoms with Crippen molar-refractivity contribution in [3.05, 3.63) is 6.92 Å². The van der Waals surface area contributed by atoms with E-state index in [0.717, 1.165) is 38.9 Å². The van der Waals surface area contributed by atoms with Crippen LogP contribution < -0.4 is 0 Å². The van der Waals surface area contributed by atoms with E-state index < -0.39 is 0 Å². The van der Waals surface area contributed by atoms with Gasteiger partial charge in [0.25, 0.3) is 0 Å². The van der Waals surface area contributed by atoms with Crippen molar-refractivity contribution in [3.8, 4) is 0 Å². The van der Waals surface area contributed by atoms with E-state index in [1.165, 1.54) is 0 Å². The lowest BCUT2D eigenvalue weighted by atomic mass is 10.1. The first-order valence-corrected chi connectivity index (χ1v) is 8.56. The van der Waals surface area contributed by atoms with Gasteiger partial charge >= 0.3 is 0 Å². The van der Waals surface area contributed by atoms with Gasteiger partial charge in [-0.15, -0.1) is 0 Å². The zero-order valence-corrected chi connectivity index (χ0v) is 15.0. The second kappa shape index (κ2) is 15.7. The molecule has 0 aromatic rings. The Kier molecular flexibility index (Phi) is 15.6. The fourth-order valence-electron chi connectivity index (χ4n) is 2.54. The van der Waals surface area contributed by atoms with E-state index in [4.69, 9.17) is 25.9 Å². The van der Waals surface area contributed by atoms with Gasteiger partial charge in [0, 0.05) is 32.0 Å². The van der Waals surface area contributed by atoms with Gasteiger partial charge in [0.1, 0.15) is 0 Å². The van der Waals surface area contributed by atoms with Gasteiger partial charge in [-0.2, -0.15) is 0 Å². The Morgan fingerprint density at radius 3 is 1.41 bits per heavy atom. The molecule has 0 N–H and O–H groups in total. The molecule has 0 amide bonds. The molecular weight excluding hydrogens is 280 g/mol. The van der Waals surface area contributed by atoms with Gasteiger partial charge in [-0.05, 0) is 19.8 Å². The molecule has 2 radical (unpaired) electrons. The van der Waals surface area contributed by atoms with E-state index >= 15 is 0 Å². The van der Waals surface area contributed by atoms with Gasteiger partial charge < -0.3 is 18.9 Å². The van der Waals surface area contributed by atoms with Crippen molar-refractivity contribution in [2.24, 2.45) is 17.8 Å². The van der Waals surface area contributed by atoms with Crippen molar-refractivity contribution >= 4 is 0 Å². The summed E-state index contributed by atoms with van der Waals surface area (Å²) in [6.07, 6.45) is 4.53. The highest BCUT2D eigenvalue weighted by molar-refractivity contribution is 4.63. The van der Waals surface area contributed by atoms with Gasteiger partial charge in [-0.1, -0.05) is 26.7 Å². The molecule has 0 spiro atoms. The molecule has 0 heterocycles. The Morgan fingerprint density at radius 2 is 1.09 bits per heavy atom. The first-order chi connectivity index (χ1) is 10.7. The summed E-state index contributed by atoms with van der Waals surface area (Å²) in [4.78, 5) is 0. The van der Waals surface area contributed by atoms with Crippen molar-refractivity contribution in [2.75, 3.05) is 53.9 Å². The van der Waals surface area contributed by atoms with Crippen LogP contribution in [0.5, 0.6) is 0 Å². The fourth-order valence-corrected chi connectivity index (χ4v) is 2.54. The minimum Gasteiger partial charge on any atom is -0.384 e. The molecule has 0 aliphatic carbocycles. The van der Waals surface area contributed by atoms with Gasteiger partial charge in [-0.25, -0.2) is 0 Å². The Hall–Kier alpha value is -0.160. The van der Waals surface area contributed by atoms with Crippen LogP contribution in [0.2, 0.25) is 0 Å². The smallest absolute Gasteiger partial charge is 0.0519 e. The second-order valence-electron chi connectivity index (χ2n) is 6.06. The lowest BCUT2D eigenvalue weighted by Crippen LogP contribution is -2.22. The Bertz CT molecular complexity index is 189. The van der Waals surface area contributed by atoms with Crippen LogP contribution in [0.15, 0.2) is 0 Å². The third-order valence-corrected chi connectivity index (χ3v) is 3.57. The first-order valence-electron chi connectivity index (χ1n) is 8.56. The molecule has 2 unspecified atom stereocenters. The summed E-state index contributed by atoms with van der Waals surface area (Å²) in [5.74, 6) is 0.840. The molecule has 4 heteroatoms. The summed E-state index contributed by atoms with van der Waals surface area (Å²) < 4.78 is 21.8. The Morgan fingerprint density at radius 1 is 0.682 bits per heavy atom. The van der Waals surface area contributed by atoms with Gasteiger partial charge in [0.2, 0.25) is 0 Å². The number of ether oxygens (including phenoxy) is 4. The zero-order chi connectivity index (χ0) is 16.6. The third-order valence-electron chi connectivity index (χ3n) is 3.57. The lowest BCUT2D eigenvalue weighted by Gasteiger charge is -2.19. The maximum atomic E-state index is 6.03. The molecule has 4 nitrogen and oxygen atoms in total. The van der Waals surface area contributed by atoms with E-state index in [1.807, 2.05) is 0 Å². The van der Waals surface area contributed by atoms with E-state index in [-0.39, 0.29) is 5.92 Å². The molecular formula is C18H36O4. The summed E-state index contributed by atoms with van der Waals surface area (Å²) in [5, 5.41) is 0. The minimum atomic E-state index is -0.0744. The van der Waals surface area contributed by atoms with Crippen LogP contribution in [0.3, 0.4) is 0 Å². The maximum absolute atomic E-state index is 6.03. The predicted molar refractivity (Wildman–Crippen MR) is 90.0 cm³/mol. The summed E-state index contributed by atoms with van der Waals surface area (Å²) in [6, 6.07) is 0. The highest BCUT2D eigenvalue weighted by atomic mass is 16.5. The molecule has 0 aliphatic rings. The summed E-state index contributed by atoms with van der Waals surface area (Å²) in [6.45, 7) is 14.4. The molecule has 0 bridgehead atoms. The maximum Gasteiger partial charge on any atom is 0.0519 e. The molecule has 0 rings (SSSR count).